The van der Waals surface area contributed by atoms with Crippen LogP contribution in [0.4, 0.5) is 9.52 Å². The Morgan fingerprint density at radius 3 is 2.37 bits per heavy atom. The number of benzene rings is 5. The van der Waals surface area contributed by atoms with Gasteiger partial charge >= 0.3 is 0 Å². The van der Waals surface area contributed by atoms with E-state index < -0.39 is 17.0 Å². The average Bonchev–Trinajstić information content (AvgIpc) is 3.62. The summed E-state index contributed by atoms with van der Waals surface area (Å²) in [6, 6.07) is 30.7. The number of halogens is 3. The van der Waals surface area contributed by atoms with E-state index in [2.05, 4.69) is 15.6 Å². The lowest BCUT2D eigenvalue weighted by atomic mass is 9.94. The molecule has 3 atom stereocenters. The number of rotatable bonds is 13. The lowest BCUT2D eigenvalue weighted by Gasteiger charge is -2.36. The van der Waals surface area contributed by atoms with Crippen molar-refractivity contribution >= 4 is 56.6 Å². The van der Waals surface area contributed by atoms with Crippen LogP contribution in [0.1, 0.15) is 46.5 Å². The molecule has 14 heteroatoms. The molecule has 0 saturated carbocycles. The molecule has 6 aromatic rings. The van der Waals surface area contributed by atoms with E-state index >= 15 is 0 Å². The average molecular weight is 872 g/mol. The molecule has 1 amide bonds. The number of nitrogens with zero attached hydrogens (tertiary/aromatic N) is 2. The lowest BCUT2D eigenvalue weighted by Crippen LogP contribution is -2.51. The number of anilines is 1. The second kappa shape index (κ2) is 18.1. The first-order valence-electron chi connectivity index (χ1n) is 19.3. The van der Waals surface area contributed by atoms with Crippen molar-refractivity contribution in [1.29, 1.82) is 0 Å². The molecule has 0 fully saturated rings. The standard InChI is InChI=1S/C45H41Cl2FN4O5S2/c1-3-49-45-51-27(2)44(58-45)59(54)52-24-34-23-41-40(56-26-42(57-41)32-11-15-36(16-12-32)55-25-29-6-17-37(46)38(47)20-29)22-33(34)21-39(52)43(53)50-19-18-28-4-7-30(8-5-28)31-9-13-35(48)14-10-31/h4-17,20,22-23,39,42H,3,18-19,21,24-26H2,1-2H3,(H,49,51)(H,50,53). The third kappa shape index (κ3) is 9.42. The molecule has 2 aliphatic rings. The first-order chi connectivity index (χ1) is 28.6. The number of amides is 1. The van der Waals surface area contributed by atoms with Crippen molar-refractivity contribution in [2.45, 2.75) is 56.2 Å². The molecule has 2 aliphatic heterocycles. The maximum Gasteiger partial charge on any atom is 0.238 e. The van der Waals surface area contributed by atoms with Crippen molar-refractivity contribution in [3.63, 3.8) is 0 Å². The van der Waals surface area contributed by atoms with Crippen LogP contribution in [0.3, 0.4) is 0 Å². The van der Waals surface area contributed by atoms with E-state index in [1.165, 1.54) is 23.5 Å². The summed E-state index contributed by atoms with van der Waals surface area (Å²) < 4.78 is 49.0. The number of aromatic nitrogens is 1. The zero-order chi connectivity index (χ0) is 41.0. The minimum atomic E-state index is -1.67. The van der Waals surface area contributed by atoms with E-state index in [0.717, 1.165) is 38.9 Å². The molecular formula is C45H41Cl2FN4O5S2. The number of hydrogen-bond donors (Lipinski definition) is 2. The van der Waals surface area contributed by atoms with Crippen LogP contribution in [0.5, 0.6) is 17.2 Å². The molecule has 9 nitrogen and oxygen atoms in total. The maximum atomic E-state index is 14.4. The summed E-state index contributed by atoms with van der Waals surface area (Å²) in [6.45, 7) is 5.81. The summed E-state index contributed by atoms with van der Waals surface area (Å²) in [4.78, 5) is 18.6. The highest BCUT2D eigenvalue weighted by Crippen LogP contribution is 2.42. The number of thiazole rings is 1. The van der Waals surface area contributed by atoms with Gasteiger partial charge in [-0.25, -0.2) is 17.9 Å². The number of aryl methyl sites for hydroxylation is 1. The maximum absolute atomic E-state index is 14.4. The Balaban J connectivity index is 0.962. The number of ether oxygens (including phenoxy) is 3. The largest absolute Gasteiger partial charge is 0.489 e. The van der Waals surface area contributed by atoms with Gasteiger partial charge in [0, 0.05) is 19.6 Å². The van der Waals surface area contributed by atoms with Gasteiger partial charge in [0.25, 0.3) is 0 Å². The molecule has 8 rings (SSSR count). The molecule has 0 spiro atoms. The fourth-order valence-corrected chi connectivity index (χ4v) is 10.2. The molecule has 2 N–H and O–H groups in total. The highest BCUT2D eigenvalue weighted by molar-refractivity contribution is 7.85. The Morgan fingerprint density at radius 1 is 0.932 bits per heavy atom. The molecule has 1 aromatic heterocycles. The number of carbonyl (C=O) groups is 1. The molecule has 0 saturated heterocycles. The second-order valence-corrected chi connectivity index (χ2v) is 17.8. The number of nitrogens with one attached hydrogen (secondary N) is 2. The van der Waals surface area contributed by atoms with Gasteiger partial charge in [0.05, 0.1) is 15.7 Å². The Morgan fingerprint density at radius 2 is 1.64 bits per heavy atom. The van der Waals surface area contributed by atoms with E-state index in [-0.39, 0.29) is 24.4 Å². The normalized spacial score (nSPS) is 16.6. The molecule has 0 radical (unpaired) electrons. The third-order valence-electron chi connectivity index (χ3n) is 10.3. The van der Waals surface area contributed by atoms with Crippen molar-refractivity contribution < 1.29 is 27.6 Å². The van der Waals surface area contributed by atoms with Crippen molar-refractivity contribution in [3.8, 4) is 28.4 Å². The first kappa shape index (κ1) is 40.8. The highest BCUT2D eigenvalue weighted by Gasteiger charge is 2.38. The fourth-order valence-electron chi connectivity index (χ4n) is 7.10. The Hall–Kier alpha value is -4.98. The molecule has 304 valence electrons. The van der Waals surface area contributed by atoms with Gasteiger partial charge in [0.1, 0.15) is 46.0 Å². The van der Waals surface area contributed by atoms with Gasteiger partial charge in [-0.1, -0.05) is 89.1 Å². The van der Waals surface area contributed by atoms with Crippen LogP contribution in [0.15, 0.2) is 107 Å². The molecule has 0 aliphatic carbocycles. The van der Waals surface area contributed by atoms with Crippen molar-refractivity contribution in [1.82, 2.24) is 14.6 Å². The van der Waals surface area contributed by atoms with Crippen LogP contribution in [0.2, 0.25) is 10.0 Å². The number of fused-ring (bicyclic) bond motifs is 2. The summed E-state index contributed by atoms with van der Waals surface area (Å²) in [5.74, 6) is 1.41. The third-order valence-corrected chi connectivity index (χ3v) is 14.0. The second-order valence-electron chi connectivity index (χ2n) is 14.3. The Kier molecular flexibility index (Phi) is 12.5. The van der Waals surface area contributed by atoms with E-state index in [4.69, 9.17) is 37.4 Å². The van der Waals surface area contributed by atoms with Gasteiger partial charge < -0.3 is 24.8 Å². The summed E-state index contributed by atoms with van der Waals surface area (Å²) >= 11 is 13.5. The molecule has 3 unspecified atom stereocenters. The van der Waals surface area contributed by atoms with Gasteiger partial charge in [-0.2, -0.15) is 0 Å². The number of carbonyl (C=O) groups excluding carboxylic acids is 1. The van der Waals surface area contributed by atoms with Gasteiger partial charge in [-0.3, -0.25) is 4.79 Å². The van der Waals surface area contributed by atoms with Crippen LogP contribution in [0, 0.1) is 12.7 Å². The Bertz CT molecular complexity index is 2490. The lowest BCUT2D eigenvalue weighted by molar-refractivity contribution is -0.125. The van der Waals surface area contributed by atoms with Crippen LogP contribution in [-0.2, 0) is 41.8 Å². The minimum absolute atomic E-state index is 0.208. The fraction of sp³-hybridized carbons (Fsp3) is 0.244. The van der Waals surface area contributed by atoms with Crippen LogP contribution in [0.25, 0.3) is 11.1 Å². The highest BCUT2D eigenvalue weighted by atomic mass is 35.5. The van der Waals surface area contributed by atoms with Crippen LogP contribution < -0.4 is 24.8 Å². The number of hydrogen-bond acceptors (Lipinski definition) is 8. The van der Waals surface area contributed by atoms with Gasteiger partial charge in [-0.15, -0.1) is 0 Å². The topological polar surface area (TPSA) is 102 Å². The predicted molar refractivity (Wildman–Crippen MR) is 232 cm³/mol. The quantitative estimate of drug-likeness (QED) is 0.119. The molecule has 5 aromatic carbocycles. The predicted octanol–water partition coefficient (Wildman–Crippen LogP) is 9.90. The van der Waals surface area contributed by atoms with E-state index in [0.29, 0.717) is 81.5 Å². The molecular weight excluding hydrogens is 831 g/mol. The van der Waals surface area contributed by atoms with E-state index in [1.807, 2.05) is 80.6 Å². The summed E-state index contributed by atoms with van der Waals surface area (Å²) in [5, 5.41) is 8.00. The van der Waals surface area contributed by atoms with Crippen LogP contribution >= 0.6 is 34.5 Å². The molecule has 0 bridgehead atoms. The van der Waals surface area contributed by atoms with Crippen molar-refractivity contribution in [2.24, 2.45) is 0 Å². The van der Waals surface area contributed by atoms with Gasteiger partial charge in [0.2, 0.25) is 5.91 Å². The minimum Gasteiger partial charge on any atom is -0.489 e. The van der Waals surface area contributed by atoms with Gasteiger partial charge in [-0.05, 0) is 114 Å². The monoisotopic (exact) mass is 870 g/mol. The summed E-state index contributed by atoms with van der Waals surface area (Å²) in [7, 11) is -1.67. The van der Waals surface area contributed by atoms with E-state index in [9.17, 15) is 13.4 Å². The summed E-state index contributed by atoms with van der Waals surface area (Å²) in [6.07, 6.45) is 0.581. The molecule has 59 heavy (non-hydrogen) atoms. The zero-order valence-electron chi connectivity index (χ0n) is 32.3. The SMILES string of the molecule is CCNc1nc(C)c(S(=O)N2Cc3cc4c(cc3CC2C(=O)NCCc2ccc(-c3ccc(F)cc3)cc2)OCC(c2ccc(OCc3ccc(Cl)c(Cl)c3)cc2)O4)s1. The van der Waals surface area contributed by atoms with Crippen LogP contribution in [-0.4, -0.2) is 45.1 Å². The first-order valence-corrected chi connectivity index (χ1v) is 21.9. The van der Waals surface area contributed by atoms with Crippen molar-refractivity contribution in [2.75, 3.05) is 25.0 Å². The smallest absolute Gasteiger partial charge is 0.238 e. The van der Waals surface area contributed by atoms with Crippen molar-refractivity contribution in [3.05, 3.63) is 153 Å². The zero-order valence-corrected chi connectivity index (χ0v) is 35.5. The Labute approximate surface area is 359 Å². The molecule has 3 heterocycles. The van der Waals surface area contributed by atoms with E-state index in [1.54, 1.807) is 28.6 Å². The van der Waals surface area contributed by atoms with Gasteiger partial charge in [0.15, 0.2) is 22.7 Å². The summed E-state index contributed by atoms with van der Waals surface area (Å²) in [5.41, 5.74) is 7.30.